The molecule has 0 radical (unpaired) electrons. The summed E-state index contributed by atoms with van der Waals surface area (Å²) in [7, 11) is 0. The lowest BCUT2D eigenvalue weighted by molar-refractivity contribution is -0.133. The summed E-state index contributed by atoms with van der Waals surface area (Å²) in [4.78, 5) is 33.0. The number of carbonyl (C=O) groups excluding carboxylic acids is 2. The summed E-state index contributed by atoms with van der Waals surface area (Å²) in [5, 5.41) is 0. The zero-order valence-corrected chi connectivity index (χ0v) is 23.0. The summed E-state index contributed by atoms with van der Waals surface area (Å²) in [5.74, 6) is 2.28. The van der Waals surface area contributed by atoms with E-state index in [0.717, 1.165) is 66.3 Å². The molecule has 0 spiro atoms. The van der Waals surface area contributed by atoms with Gasteiger partial charge in [-0.25, -0.2) is 9.78 Å². The van der Waals surface area contributed by atoms with Gasteiger partial charge in [0.1, 0.15) is 10.0 Å². The molecule has 8 heteroatoms. The van der Waals surface area contributed by atoms with Crippen LogP contribution >= 0.6 is 31.9 Å². The van der Waals surface area contributed by atoms with Gasteiger partial charge >= 0.3 is 6.03 Å². The van der Waals surface area contributed by atoms with Gasteiger partial charge in [-0.05, 0) is 65.7 Å². The maximum absolute atomic E-state index is 13.1. The Bertz CT molecular complexity index is 1110. The minimum absolute atomic E-state index is 0.246. The van der Waals surface area contributed by atoms with E-state index < -0.39 is 0 Å². The van der Waals surface area contributed by atoms with Crippen molar-refractivity contribution in [2.45, 2.75) is 44.9 Å². The molecule has 0 unspecified atom stereocenters. The van der Waals surface area contributed by atoms with Crippen LogP contribution in [0.3, 0.4) is 0 Å². The predicted octanol–water partition coefficient (Wildman–Crippen LogP) is 5.10. The van der Waals surface area contributed by atoms with E-state index in [4.69, 9.17) is 10.7 Å². The third kappa shape index (κ3) is 5.24. The number of aryl methyl sites for hydroxylation is 2. The fourth-order valence-corrected chi connectivity index (χ4v) is 7.47. The van der Waals surface area contributed by atoms with Gasteiger partial charge < -0.3 is 15.5 Å². The Labute approximate surface area is 223 Å². The SMILES string of the molecule is NC(=O)N1CCC(CC(=O)N2CCC([C+]3c4ncccc4CCc4cc(Br)cc(Br)c43)CC2)CC1. The normalized spacial score (nSPS) is 19.2. The standard InChI is InChI=1S/C27H30Br2N4O2/c28-21-15-20-4-3-19-2-1-9-31-26(19)25(24(20)22(29)16-21)18-7-12-32(13-8-18)23(34)14-17-5-10-33(11-6-17)27(30)35/h1-2,9,15-18H,3-8,10-14H2,(H-,30,35)/p+1. The highest BCUT2D eigenvalue weighted by Gasteiger charge is 2.41. The molecule has 0 atom stereocenters. The van der Waals surface area contributed by atoms with Gasteiger partial charge in [-0.15, -0.1) is 0 Å². The fourth-order valence-electron chi connectivity index (χ4n) is 5.94. The van der Waals surface area contributed by atoms with Crippen molar-refractivity contribution in [1.82, 2.24) is 14.8 Å². The highest BCUT2D eigenvalue weighted by molar-refractivity contribution is 9.11. The topological polar surface area (TPSA) is 79.5 Å². The van der Waals surface area contributed by atoms with E-state index in [2.05, 4.69) is 50.1 Å². The van der Waals surface area contributed by atoms with Crippen molar-refractivity contribution in [3.05, 3.63) is 67.7 Å². The molecule has 0 bridgehead atoms. The zero-order chi connectivity index (χ0) is 24.5. The van der Waals surface area contributed by atoms with Crippen LogP contribution < -0.4 is 5.73 Å². The van der Waals surface area contributed by atoms with Gasteiger partial charge in [0.15, 0.2) is 5.69 Å². The second-order valence-electron chi connectivity index (χ2n) is 9.97. The van der Waals surface area contributed by atoms with Crippen molar-refractivity contribution in [3.8, 4) is 0 Å². The number of nitrogens with two attached hydrogens (primary N) is 1. The van der Waals surface area contributed by atoms with Crippen LogP contribution in [0.4, 0.5) is 4.79 Å². The second-order valence-corrected chi connectivity index (χ2v) is 11.7. The van der Waals surface area contributed by atoms with E-state index in [0.29, 0.717) is 31.3 Å². The predicted molar refractivity (Wildman–Crippen MR) is 143 cm³/mol. The molecule has 2 aromatic rings. The Hall–Kier alpha value is -2.06. The molecule has 2 fully saturated rings. The summed E-state index contributed by atoms with van der Waals surface area (Å²) in [5.41, 5.74) is 10.5. The largest absolute Gasteiger partial charge is 0.351 e. The number of rotatable bonds is 3. The summed E-state index contributed by atoms with van der Waals surface area (Å²) in [6.45, 7) is 2.87. The van der Waals surface area contributed by atoms with E-state index in [-0.39, 0.29) is 11.9 Å². The van der Waals surface area contributed by atoms with Gasteiger partial charge in [-0.3, -0.25) is 4.79 Å². The number of likely N-dealkylation sites (tertiary alicyclic amines) is 2. The van der Waals surface area contributed by atoms with E-state index in [1.54, 1.807) is 4.90 Å². The van der Waals surface area contributed by atoms with Crippen LogP contribution in [-0.2, 0) is 17.6 Å². The first-order valence-electron chi connectivity index (χ1n) is 12.5. The smallest absolute Gasteiger partial charge is 0.314 e. The van der Waals surface area contributed by atoms with E-state index in [1.165, 1.54) is 22.6 Å². The molecule has 35 heavy (non-hydrogen) atoms. The average Bonchev–Trinajstić information content (AvgIpc) is 3.02. The molecule has 3 aliphatic rings. The lowest BCUT2D eigenvalue weighted by atomic mass is 9.76. The van der Waals surface area contributed by atoms with Crippen LogP contribution in [0.15, 0.2) is 39.4 Å². The number of halogens is 2. The van der Waals surface area contributed by atoms with Crippen LogP contribution in [0, 0.1) is 17.8 Å². The number of piperidine rings is 2. The maximum Gasteiger partial charge on any atom is 0.314 e. The zero-order valence-electron chi connectivity index (χ0n) is 19.8. The van der Waals surface area contributed by atoms with Gasteiger partial charge in [0.25, 0.3) is 0 Å². The number of fused-ring (bicyclic) bond motifs is 2. The molecule has 6 nitrogen and oxygen atoms in total. The summed E-state index contributed by atoms with van der Waals surface area (Å²) < 4.78 is 2.19. The number of benzene rings is 1. The number of pyridine rings is 1. The Morgan fingerprint density at radius 2 is 1.69 bits per heavy atom. The van der Waals surface area contributed by atoms with Crippen LogP contribution in [-0.4, -0.2) is 52.9 Å². The molecular weight excluding hydrogens is 572 g/mol. The monoisotopic (exact) mass is 601 g/mol. The van der Waals surface area contributed by atoms with Gasteiger partial charge in [0.05, 0.1) is 5.92 Å². The van der Waals surface area contributed by atoms with Gasteiger partial charge in [-0.2, -0.15) is 0 Å². The Morgan fingerprint density at radius 1 is 1.00 bits per heavy atom. The van der Waals surface area contributed by atoms with Crippen LogP contribution in [0.5, 0.6) is 0 Å². The molecule has 3 heterocycles. The molecule has 2 aliphatic heterocycles. The molecule has 2 saturated heterocycles. The van der Waals surface area contributed by atoms with E-state index in [9.17, 15) is 9.59 Å². The third-order valence-corrected chi connectivity index (χ3v) is 8.94. The second kappa shape index (κ2) is 10.5. The number of primary amides is 1. The third-order valence-electron chi connectivity index (χ3n) is 7.86. The van der Waals surface area contributed by atoms with Crippen molar-refractivity contribution in [1.29, 1.82) is 0 Å². The first kappa shape index (κ1) is 24.6. The number of hydrogen-bond donors (Lipinski definition) is 1. The fraction of sp³-hybridized carbons (Fsp3) is 0.481. The molecule has 1 aromatic carbocycles. The lowest BCUT2D eigenvalue weighted by Gasteiger charge is -2.36. The van der Waals surface area contributed by atoms with Crippen molar-refractivity contribution in [2.24, 2.45) is 17.6 Å². The molecule has 184 valence electrons. The first-order chi connectivity index (χ1) is 16.9. The number of carbonyl (C=O) groups is 2. The number of aromatic nitrogens is 1. The molecule has 1 aromatic heterocycles. The maximum atomic E-state index is 13.1. The molecule has 5 rings (SSSR count). The molecule has 3 amide bonds. The van der Waals surface area contributed by atoms with Gasteiger partial charge in [0, 0.05) is 95.2 Å². The van der Waals surface area contributed by atoms with E-state index in [1.807, 2.05) is 17.2 Å². The molecule has 2 N–H and O–H groups in total. The molecule has 1 aliphatic carbocycles. The van der Waals surface area contributed by atoms with Crippen LogP contribution in [0.2, 0.25) is 0 Å². The van der Waals surface area contributed by atoms with Crippen LogP contribution in [0.25, 0.3) is 0 Å². The first-order valence-corrected chi connectivity index (χ1v) is 14.1. The van der Waals surface area contributed by atoms with Crippen molar-refractivity contribution < 1.29 is 9.59 Å². The molecule has 0 saturated carbocycles. The van der Waals surface area contributed by atoms with Crippen molar-refractivity contribution in [3.63, 3.8) is 0 Å². The Morgan fingerprint density at radius 3 is 2.40 bits per heavy atom. The van der Waals surface area contributed by atoms with Crippen molar-refractivity contribution >= 4 is 43.8 Å². The summed E-state index contributed by atoms with van der Waals surface area (Å²) >= 11 is 7.52. The highest BCUT2D eigenvalue weighted by atomic mass is 79.9. The Balaban J connectivity index is 1.29. The summed E-state index contributed by atoms with van der Waals surface area (Å²) in [6.07, 6.45) is 8.03. The van der Waals surface area contributed by atoms with Gasteiger partial charge in [-0.1, -0.05) is 0 Å². The van der Waals surface area contributed by atoms with Gasteiger partial charge in [0.2, 0.25) is 5.91 Å². The number of hydrogen-bond acceptors (Lipinski definition) is 3. The number of nitrogens with zero attached hydrogens (tertiary/aromatic N) is 3. The van der Waals surface area contributed by atoms with E-state index >= 15 is 0 Å². The highest BCUT2D eigenvalue weighted by Crippen LogP contribution is 2.45. The number of urea groups is 1. The lowest BCUT2D eigenvalue weighted by Crippen LogP contribution is -2.44. The quantitative estimate of drug-likeness (QED) is 0.497. The Kier molecular flexibility index (Phi) is 7.39. The average molecular weight is 603 g/mol. The minimum Gasteiger partial charge on any atom is -0.351 e. The van der Waals surface area contributed by atoms with Crippen LogP contribution in [0.1, 0.15) is 54.5 Å². The number of amides is 3. The minimum atomic E-state index is -0.357. The summed E-state index contributed by atoms with van der Waals surface area (Å²) in [6, 6.07) is 8.26. The van der Waals surface area contributed by atoms with Crippen molar-refractivity contribution in [2.75, 3.05) is 26.2 Å². The molecular formula is C27H31Br2N4O2+.